The molecule has 1 aromatic heterocycles. The van der Waals surface area contributed by atoms with Gasteiger partial charge in [-0.25, -0.2) is 0 Å². The molecule has 0 saturated carbocycles. The summed E-state index contributed by atoms with van der Waals surface area (Å²) in [5.41, 5.74) is 1.04. The minimum atomic E-state index is 0.562. The van der Waals surface area contributed by atoms with Gasteiger partial charge in [0.05, 0.1) is 5.69 Å². The highest BCUT2D eigenvalue weighted by atomic mass is 15.2. The van der Waals surface area contributed by atoms with Crippen molar-refractivity contribution in [3.05, 3.63) is 24.0 Å². The van der Waals surface area contributed by atoms with E-state index in [1.54, 1.807) is 6.20 Å². The maximum atomic E-state index is 4.06. The molecular formula is C10H17N3. The van der Waals surface area contributed by atoms with Crippen LogP contribution in [0, 0.1) is 0 Å². The van der Waals surface area contributed by atoms with E-state index in [9.17, 15) is 0 Å². The highest BCUT2D eigenvalue weighted by molar-refractivity contribution is 4.98. The molecular weight excluding hydrogens is 162 g/mol. The molecule has 0 radical (unpaired) electrons. The van der Waals surface area contributed by atoms with Crippen LogP contribution >= 0.6 is 0 Å². The van der Waals surface area contributed by atoms with Crippen LogP contribution in [0.4, 0.5) is 0 Å². The molecule has 0 aliphatic rings. The molecule has 1 aromatic rings. The number of hydrogen-bond donors (Lipinski definition) is 0. The van der Waals surface area contributed by atoms with Gasteiger partial charge < -0.3 is 0 Å². The van der Waals surface area contributed by atoms with Crippen LogP contribution < -0.4 is 0 Å². The molecule has 0 N–H and O–H groups in total. The van der Waals surface area contributed by atoms with Gasteiger partial charge >= 0.3 is 0 Å². The Hall–Kier alpha value is -0.960. The van der Waals surface area contributed by atoms with Crippen LogP contribution in [-0.4, -0.2) is 27.7 Å². The Morgan fingerprint density at radius 3 is 2.69 bits per heavy atom. The van der Waals surface area contributed by atoms with Gasteiger partial charge in [0.2, 0.25) is 0 Å². The highest BCUT2D eigenvalue weighted by Gasteiger charge is 2.07. The Morgan fingerprint density at radius 1 is 1.46 bits per heavy atom. The van der Waals surface area contributed by atoms with Crippen LogP contribution in [0.1, 0.15) is 26.5 Å². The van der Waals surface area contributed by atoms with E-state index >= 15 is 0 Å². The molecule has 0 unspecified atom stereocenters. The number of nitrogens with zero attached hydrogens (tertiary/aromatic N) is 3. The summed E-state index contributed by atoms with van der Waals surface area (Å²) < 4.78 is 0. The first-order chi connectivity index (χ1) is 6.24. The van der Waals surface area contributed by atoms with Crippen LogP contribution in [0.25, 0.3) is 0 Å². The quantitative estimate of drug-likeness (QED) is 0.704. The molecule has 1 heterocycles. The van der Waals surface area contributed by atoms with Gasteiger partial charge in [-0.05, 0) is 32.5 Å². The van der Waals surface area contributed by atoms with Gasteiger partial charge in [-0.2, -0.15) is 10.2 Å². The first-order valence-corrected chi connectivity index (χ1v) is 4.74. The van der Waals surface area contributed by atoms with E-state index in [1.807, 2.05) is 12.1 Å². The Balaban J connectivity index is 2.57. The number of hydrogen-bond acceptors (Lipinski definition) is 3. The van der Waals surface area contributed by atoms with E-state index < -0.39 is 0 Å². The van der Waals surface area contributed by atoms with E-state index in [1.165, 1.54) is 0 Å². The second kappa shape index (κ2) is 4.92. The molecule has 0 amide bonds. The molecule has 0 fully saturated rings. The first kappa shape index (κ1) is 10.1. The van der Waals surface area contributed by atoms with Crippen molar-refractivity contribution in [2.75, 3.05) is 6.54 Å². The lowest BCUT2D eigenvalue weighted by atomic mass is 10.3. The van der Waals surface area contributed by atoms with Crippen molar-refractivity contribution in [3.63, 3.8) is 0 Å². The predicted molar refractivity (Wildman–Crippen MR) is 53.3 cm³/mol. The van der Waals surface area contributed by atoms with Gasteiger partial charge in [-0.3, -0.25) is 4.90 Å². The minimum absolute atomic E-state index is 0.562. The largest absolute Gasteiger partial charge is 0.295 e. The summed E-state index contributed by atoms with van der Waals surface area (Å²) in [5.74, 6) is 0. The van der Waals surface area contributed by atoms with Gasteiger partial charge in [0.1, 0.15) is 0 Å². The van der Waals surface area contributed by atoms with Crippen LogP contribution in [0.2, 0.25) is 0 Å². The summed E-state index contributed by atoms with van der Waals surface area (Å²) in [4.78, 5) is 2.35. The smallest absolute Gasteiger partial charge is 0.0771 e. The third-order valence-electron chi connectivity index (χ3n) is 2.13. The second-order valence-electron chi connectivity index (χ2n) is 3.37. The third kappa shape index (κ3) is 3.11. The standard InChI is InChI=1S/C10H17N3/c1-4-13(9(2)3)8-10-6-5-7-11-12-10/h5-7,9H,4,8H2,1-3H3. The first-order valence-electron chi connectivity index (χ1n) is 4.74. The molecule has 3 nitrogen and oxygen atoms in total. The van der Waals surface area contributed by atoms with E-state index in [0.717, 1.165) is 18.8 Å². The van der Waals surface area contributed by atoms with Crippen molar-refractivity contribution in [2.45, 2.75) is 33.4 Å². The number of aromatic nitrogens is 2. The molecule has 0 atom stereocenters. The Kier molecular flexibility index (Phi) is 3.83. The lowest BCUT2D eigenvalue weighted by molar-refractivity contribution is 0.221. The zero-order chi connectivity index (χ0) is 9.68. The summed E-state index contributed by atoms with van der Waals surface area (Å²) in [5, 5.41) is 7.91. The molecule has 0 spiro atoms. The van der Waals surface area contributed by atoms with E-state index in [0.29, 0.717) is 6.04 Å². The van der Waals surface area contributed by atoms with Crippen molar-refractivity contribution >= 4 is 0 Å². The summed E-state index contributed by atoms with van der Waals surface area (Å²) >= 11 is 0. The van der Waals surface area contributed by atoms with Crippen LogP contribution in [0.3, 0.4) is 0 Å². The molecule has 0 aliphatic carbocycles. The Labute approximate surface area is 79.8 Å². The highest BCUT2D eigenvalue weighted by Crippen LogP contribution is 2.03. The van der Waals surface area contributed by atoms with Crippen LogP contribution in [0.15, 0.2) is 18.3 Å². The van der Waals surface area contributed by atoms with Gasteiger partial charge in [-0.15, -0.1) is 0 Å². The zero-order valence-electron chi connectivity index (χ0n) is 8.57. The molecule has 0 saturated heterocycles. The SMILES string of the molecule is CCN(Cc1cccnn1)C(C)C. The van der Waals surface area contributed by atoms with Crippen molar-refractivity contribution in [3.8, 4) is 0 Å². The lowest BCUT2D eigenvalue weighted by Gasteiger charge is -2.23. The molecule has 0 bridgehead atoms. The predicted octanol–water partition coefficient (Wildman–Crippen LogP) is 1.71. The maximum Gasteiger partial charge on any atom is 0.0771 e. The second-order valence-corrected chi connectivity index (χ2v) is 3.37. The average Bonchev–Trinajstić information content (AvgIpc) is 2.15. The Morgan fingerprint density at radius 2 is 2.23 bits per heavy atom. The molecule has 13 heavy (non-hydrogen) atoms. The third-order valence-corrected chi connectivity index (χ3v) is 2.13. The minimum Gasteiger partial charge on any atom is -0.295 e. The summed E-state index contributed by atoms with van der Waals surface area (Å²) in [6.45, 7) is 8.49. The van der Waals surface area contributed by atoms with Crippen molar-refractivity contribution in [2.24, 2.45) is 0 Å². The van der Waals surface area contributed by atoms with E-state index in [4.69, 9.17) is 0 Å². The molecule has 0 aliphatic heterocycles. The van der Waals surface area contributed by atoms with Gasteiger partial charge in [0.25, 0.3) is 0 Å². The fourth-order valence-corrected chi connectivity index (χ4v) is 1.29. The van der Waals surface area contributed by atoms with Gasteiger partial charge in [0, 0.05) is 18.8 Å². The average molecular weight is 179 g/mol. The topological polar surface area (TPSA) is 29.0 Å². The molecule has 3 heteroatoms. The van der Waals surface area contributed by atoms with E-state index in [-0.39, 0.29) is 0 Å². The van der Waals surface area contributed by atoms with Crippen LogP contribution in [0.5, 0.6) is 0 Å². The van der Waals surface area contributed by atoms with Crippen molar-refractivity contribution in [1.29, 1.82) is 0 Å². The zero-order valence-corrected chi connectivity index (χ0v) is 8.57. The molecule has 1 rings (SSSR count). The lowest BCUT2D eigenvalue weighted by Crippen LogP contribution is -2.30. The van der Waals surface area contributed by atoms with Crippen molar-refractivity contribution in [1.82, 2.24) is 15.1 Å². The van der Waals surface area contributed by atoms with Crippen molar-refractivity contribution < 1.29 is 0 Å². The fraction of sp³-hybridized carbons (Fsp3) is 0.600. The fourth-order valence-electron chi connectivity index (χ4n) is 1.29. The maximum absolute atomic E-state index is 4.06. The number of rotatable bonds is 4. The molecule has 0 aromatic carbocycles. The summed E-state index contributed by atoms with van der Waals surface area (Å²) in [6, 6.07) is 4.50. The summed E-state index contributed by atoms with van der Waals surface area (Å²) in [7, 11) is 0. The Bertz CT molecular complexity index is 233. The van der Waals surface area contributed by atoms with E-state index in [2.05, 4.69) is 35.9 Å². The monoisotopic (exact) mass is 179 g/mol. The van der Waals surface area contributed by atoms with Gasteiger partial charge in [0.15, 0.2) is 0 Å². The summed E-state index contributed by atoms with van der Waals surface area (Å²) in [6.07, 6.45) is 1.70. The van der Waals surface area contributed by atoms with Crippen LogP contribution in [-0.2, 0) is 6.54 Å². The normalized spacial score (nSPS) is 11.2. The molecule has 72 valence electrons. The van der Waals surface area contributed by atoms with Gasteiger partial charge in [-0.1, -0.05) is 6.92 Å².